The van der Waals surface area contributed by atoms with Crippen LogP contribution >= 0.6 is 0 Å². The van der Waals surface area contributed by atoms with Crippen LogP contribution in [0.1, 0.15) is 116 Å². The van der Waals surface area contributed by atoms with E-state index in [-0.39, 0.29) is 18.9 Å². The number of allylic oxidation sites excluding steroid dienone is 4. The van der Waals surface area contributed by atoms with Gasteiger partial charge >= 0.3 is 5.97 Å². The Hall–Kier alpha value is -1.43. The van der Waals surface area contributed by atoms with Crippen molar-refractivity contribution in [3.63, 3.8) is 0 Å². The third kappa shape index (κ3) is 25.0. The normalized spacial score (nSPS) is 15.0. The van der Waals surface area contributed by atoms with Gasteiger partial charge in [-0.1, -0.05) is 81.9 Å². The highest BCUT2D eigenvalue weighted by Crippen LogP contribution is 2.13. The predicted molar refractivity (Wildman–Crippen MR) is 137 cm³/mol. The topological polar surface area (TPSA) is 98.0 Å². The molecule has 0 aromatic heterocycles. The van der Waals surface area contributed by atoms with Crippen molar-refractivity contribution in [3.05, 3.63) is 36.5 Å². The standard InChI is InChI=1S/C28H50O5/c1-2-3-4-5-6-7-8-9-10-11-12-14-19-25(29)20-17-18-22-27(31)24-26(30)21-15-13-16-23-28(32)33/h6-7,13,15,18,22,25-27,29-31H,2-5,8-12,14,16-17,19-21,23-24H2,1H3,(H,32,33). The highest BCUT2D eigenvalue weighted by atomic mass is 16.4. The van der Waals surface area contributed by atoms with E-state index >= 15 is 0 Å². The fourth-order valence-electron chi connectivity index (χ4n) is 3.64. The SMILES string of the molecule is CCCCCC=CCCCCCCCC(O)CCC=CC(O)CC(O)CC=CCCC(=O)O. The molecule has 0 aliphatic heterocycles. The van der Waals surface area contributed by atoms with Gasteiger partial charge in [0.05, 0.1) is 18.3 Å². The van der Waals surface area contributed by atoms with E-state index in [9.17, 15) is 20.1 Å². The summed E-state index contributed by atoms with van der Waals surface area (Å²) in [5, 5.41) is 38.5. The molecule has 0 aromatic rings. The minimum Gasteiger partial charge on any atom is -0.481 e. The Labute approximate surface area is 202 Å². The molecular formula is C28H50O5. The number of unbranched alkanes of at least 4 members (excludes halogenated alkanes) is 8. The first kappa shape index (κ1) is 31.6. The second kappa shape index (κ2) is 23.7. The van der Waals surface area contributed by atoms with Crippen molar-refractivity contribution in [3.8, 4) is 0 Å². The molecule has 0 bridgehead atoms. The van der Waals surface area contributed by atoms with Gasteiger partial charge in [-0.25, -0.2) is 0 Å². The van der Waals surface area contributed by atoms with Gasteiger partial charge in [0.1, 0.15) is 0 Å². The molecule has 0 saturated heterocycles. The summed E-state index contributed by atoms with van der Waals surface area (Å²) in [4.78, 5) is 10.4. The van der Waals surface area contributed by atoms with E-state index < -0.39 is 18.2 Å². The third-order valence-corrected chi connectivity index (χ3v) is 5.69. The van der Waals surface area contributed by atoms with Gasteiger partial charge in [0.25, 0.3) is 0 Å². The number of carbonyl (C=O) groups is 1. The number of rotatable bonds is 23. The van der Waals surface area contributed by atoms with Gasteiger partial charge < -0.3 is 20.4 Å². The van der Waals surface area contributed by atoms with Gasteiger partial charge in [-0.05, 0) is 57.8 Å². The molecule has 0 radical (unpaired) electrons. The molecule has 33 heavy (non-hydrogen) atoms. The zero-order chi connectivity index (χ0) is 24.6. The Bertz CT molecular complexity index is 526. The second-order valence-corrected chi connectivity index (χ2v) is 9.07. The lowest BCUT2D eigenvalue weighted by Crippen LogP contribution is -2.15. The Morgan fingerprint density at radius 2 is 1.33 bits per heavy atom. The molecule has 0 saturated carbocycles. The lowest BCUT2D eigenvalue weighted by Gasteiger charge is -2.11. The highest BCUT2D eigenvalue weighted by Gasteiger charge is 2.08. The third-order valence-electron chi connectivity index (χ3n) is 5.69. The quantitative estimate of drug-likeness (QED) is 0.102. The van der Waals surface area contributed by atoms with E-state index in [0.717, 1.165) is 12.8 Å². The maximum absolute atomic E-state index is 10.4. The second-order valence-electron chi connectivity index (χ2n) is 9.07. The molecule has 0 aromatic carbocycles. The van der Waals surface area contributed by atoms with Gasteiger partial charge in [-0.3, -0.25) is 4.79 Å². The van der Waals surface area contributed by atoms with Crippen LogP contribution in [0.4, 0.5) is 0 Å². The summed E-state index contributed by atoms with van der Waals surface area (Å²) in [7, 11) is 0. The molecule has 0 heterocycles. The molecule has 0 aliphatic carbocycles. The number of carboxylic acid groups (broad SMARTS) is 1. The minimum absolute atomic E-state index is 0.0843. The molecule has 0 fully saturated rings. The van der Waals surface area contributed by atoms with Crippen molar-refractivity contribution in [2.75, 3.05) is 0 Å². The van der Waals surface area contributed by atoms with Crippen molar-refractivity contribution in [2.24, 2.45) is 0 Å². The summed E-state index contributed by atoms with van der Waals surface area (Å²) in [6, 6.07) is 0. The average Bonchev–Trinajstić information content (AvgIpc) is 2.77. The average molecular weight is 467 g/mol. The van der Waals surface area contributed by atoms with Crippen molar-refractivity contribution in [2.45, 2.75) is 134 Å². The molecule has 4 N–H and O–H groups in total. The zero-order valence-electron chi connectivity index (χ0n) is 20.9. The van der Waals surface area contributed by atoms with Crippen LogP contribution in [0.3, 0.4) is 0 Å². The molecule has 0 amide bonds. The highest BCUT2D eigenvalue weighted by molar-refractivity contribution is 5.66. The van der Waals surface area contributed by atoms with Crippen molar-refractivity contribution >= 4 is 5.97 Å². The maximum Gasteiger partial charge on any atom is 0.303 e. The molecule has 0 rings (SSSR count). The predicted octanol–water partition coefficient (Wildman–Crippen LogP) is 6.47. The van der Waals surface area contributed by atoms with Crippen molar-refractivity contribution in [1.29, 1.82) is 0 Å². The molecule has 5 heteroatoms. The first-order chi connectivity index (χ1) is 16.0. The molecule has 3 atom stereocenters. The van der Waals surface area contributed by atoms with E-state index in [4.69, 9.17) is 5.11 Å². The molecule has 5 nitrogen and oxygen atoms in total. The van der Waals surface area contributed by atoms with E-state index in [2.05, 4.69) is 19.1 Å². The Kier molecular flexibility index (Phi) is 22.7. The van der Waals surface area contributed by atoms with Gasteiger partial charge in [0, 0.05) is 12.8 Å². The number of aliphatic hydroxyl groups excluding tert-OH is 3. The minimum atomic E-state index is -0.835. The van der Waals surface area contributed by atoms with Crippen molar-refractivity contribution < 1.29 is 25.2 Å². The molecule has 0 spiro atoms. The van der Waals surface area contributed by atoms with Gasteiger partial charge in [-0.2, -0.15) is 0 Å². The van der Waals surface area contributed by atoms with E-state index in [1.54, 1.807) is 18.2 Å². The van der Waals surface area contributed by atoms with Gasteiger partial charge in [-0.15, -0.1) is 0 Å². The zero-order valence-corrected chi connectivity index (χ0v) is 20.9. The van der Waals surface area contributed by atoms with Crippen LogP contribution in [-0.4, -0.2) is 44.7 Å². The summed E-state index contributed by atoms with van der Waals surface area (Å²) in [5.41, 5.74) is 0. The number of aliphatic hydroxyl groups is 3. The van der Waals surface area contributed by atoms with Crippen LogP contribution in [0.15, 0.2) is 36.5 Å². The van der Waals surface area contributed by atoms with Crippen LogP contribution in [-0.2, 0) is 4.79 Å². The van der Waals surface area contributed by atoms with E-state index in [1.165, 1.54) is 57.8 Å². The first-order valence-corrected chi connectivity index (χ1v) is 13.2. The molecule has 3 unspecified atom stereocenters. The van der Waals surface area contributed by atoms with Crippen LogP contribution in [0.2, 0.25) is 0 Å². The molecule has 192 valence electrons. The summed E-state index contributed by atoms with van der Waals surface area (Å²) < 4.78 is 0. The Morgan fingerprint density at radius 1 is 0.697 bits per heavy atom. The van der Waals surface area contributed by atoms with Crippen LogP contribution < -0.4 is 0 Å². The lowest BCUT2D eigenvalue weighted by molar-refractivity contribution is -0.136. The van der Waals surface area contributed by atoms with Crippen LogP contribution in [0.5, 0.6) is 0 Å². The summed E-state index contributed by atoms with van der Waals surface area (Å²) in [5.74, 6) is -0.835. The van der Waals surface area contributed by atoms with E-state index in [1.807, 2.05) is 6.08 Å². The van der Waals surface area contributed by atoms with Gasteiger partial charge in [0.15, 0.2) is 0 Å². The largest absolute Gasteiger partial charge is 0.481 e. The van der Waals surface area contributed by atoms with Gasteiger partial charge in [0.2, 0.25) is 0 Å². The molecular weight excluding hydrogens is 416 g/mol. The number of hydrogen-bond donors (Lipinski definition) is 4. The fraction of sp³-hybridized carbons (Fsp3) is 0.750. The van der Waals surface area contributed by atoms with Crippen molar-refractivity contribution in [1.82, 2.24) is 0 Å². The number of aliphatic carboxylic acids is 1. The van der Waals surface area contributed by atoms with Crippen LogP contribution in [0.25, 0.3) is 0 Å². The molecule has 0 aliphatic rings. The smallest absolute Gasteiger partial charge is 0.303 e. The summed E-state index contributed by atoms with van der Waals surface area (Å²) in [6.07, 6.45) is 25.8. The fourth-order valence-corrected chi connectivity index (χ4v) is 3.64. The summed E-state index contributed by atoms with van der Waals surface area (Å²) in [6.45, 7) is 2.23. The van der Waals surface area contributed by atoms with Crippen LogP contribution in [0, 0.1) is 0 Å². The first-order valence-electron chi connectivity index (χ1n) is 13.2. The maximum atomic E-state index is 10.4. The Balaban J connectivity index is 3.60. The summed E-state index contributed by atoms with van der Waals surface area (Å²) >= 11 is 0. The number of carboxylic acids is 1. The van der Waals surface area contributed by atoms with E-state index in [0.29, 0.717) is 25.7 Å². The monoisotopic (exact) mass is 466 g/mol. The lowest BCUT2D eigenvalue weighted by atomic mass is 10.0. The Morgan fingerprint density at radius 3 is 2.03 bits per heavy atom. The number of hydrogen-bond acceptors (Lipinski definition) is 4.